The Kier molecular flexibility index (Phi) is 7.54. The third kappa shape index (κ3) is 5.79. The van der Waals surface area contributed by atoms with Crippen molar-refractivity contribution < 1.29 is 32.3 Å². The summed E-state index contributed by atoms with van der Waals surface area (Å²) in [5.41, 5.74) is -2.07. The minimum absolute atomic E-state index is 0.150. The maximum atomic E-state index is 13.5. The van der Waals surface area contributed by atoms with E-state index in [9.17, 15) is 27.6 Å². The summed E-state index contributed by atoms with van der Waals surface area (Å²) in [7, 11) is -3.79. The van der Waals surface area contributed by atoms with Crippen LogP contribution < -0.4 is 15.4 Å². The van der Waals surface area contributed by atoms with Gasteiger partial charge in [-0.25, -0.2) is 13.2 Å². The van der Waals surface area contributed by atoms with Gasteiger partial charge in [0.05, 0.1) is 11.9 Å². The number of hydrogen-bond donors (Lipinski definition) is 3. The summed E-state index contributed by atoms with van der Waals surface area (Å²) >= 11 is 0. The zero-order chi connectivity index (χ0) is 26.2. The van der Waals surface area contributed by atoms with E-state index in [-0.39, 0.29) is 13.0 Å². The fourth-order valence-electron chi connectivity index (χ4n) is 4.43. The first-order valence-corrected chi connectivity index (χ1v) is 13.6. The second kappa shape index (κ2) is 9.79. The maximum absolute atomic E-state index is 13.5. The third-order valence-corrected chi connectivity index (χ3v) is 8.56. The molecule has 3 N–H and O–H groups in total. The van der Waals surface area contributed by atoms with E-state index in [4.69, 9.17) is 4.74 Å². The van der Waals surface area contributed by atoms with E-state index >= 15 is 0 Å². The minimum atomic E-state index is -3.79. The van der Waals surface area contributed by atoms with Gasteiger partial charge in [-0.2, -0.15) is 0 Å². The number of rotatable bonds is 9. The molecule has 0 aromatic rings. The van der Waals surface area contributed by atoms with Crippen molar-refractivity contribution in [3.63, 3.8) is 0 Å². The fourth-order valence-corrected chi connectivity index (χ4v) is 5.79. The Morgan fingerprint density at radius 2 is 1.86 bits per heavy atom. The average molecular weight is 513 g/mol. The van der Waals surface area contributed by atoms with E-state index in [2.05, 4.69) is 21.9 Å². The molecule has 0 aromatic carbocycles. The molecular formula is C23H36N4O7S. The summed E-state index contributed by atoms with van der Waals surface area (Å²) in [4.78, 5) is 53.2. The Morgan fingerprint density at radius 3 is 2.37 bits per heavy atom. The number of nitrogens with one attached hydrogen (secondary N) is 3. The molecule has 1 aliphatic heterocycles. The molecule has 3 fully saturated rings. The lowest BCUT2D eigenvalue weighted by atomic mass is 9.85. The van der Waals surface area contributed by atoms with Crippen LogP contribution in [0.25, 0.3) is 0 Å². The predicted molar refractivity (Wildman–Crippen MR) is 127 cm³/mol. The molecule has 0 aromatic heterocycles. The molecule has 4 atom stereocenters. The predicted octanol–water partition coefficient (Wildman–Crippen LogP) is 0.808. The fraction of sp³-hybridized carbons (Fsp3) is 0.739. The van der Waals surface area contributed by atoms with Crippen LogP contribution >= 0.6 is 0 Å². The summed E-state index contributed by atoms with van der Waals surface area (Å²) < 4.78 is 31.6. The lowest BCUT2D eigenvalue weighted by Crippen LogP contribution is -2.60. The summed E-state index contributed by atoms with van der Waals surface area (Å²) in [6.45, 7) is 11.2. The van der Waals surface area contributed by atoms with E-state index in [1.54, 1.807) is 27.7 Å². The van der Waals surface area contributed by atoms with E-state index in [0.29, 0.717) is 32.2 Å². The van der Waals surface area contributed by atoms with E-state index < -0.39 is 68.0 Å². The number of amides is 4. The first-order chi connectivity index (χ1) is 16.3. The first-order valence-electron chi connectivity index (χ1n) is 12.0. The number of alkyl carbamates (subject to hydrolysis) is 1. The normalized spacial score (nSPS) is 26.9. The Bertz CT molecular complexity index is 1000. The Hall–Kier alpha value is -2.63. The largest absolute Gasteiger partial charge is 0.450 e. The van der Waals surface area contributed by atoms with Crippen LogP contribution in [-0.2, 0) is 29.1 Å². The quantitative estimate of drug-likeness (QED) is 0.387. The average Bonchev–Trinajstić information content (AvgIpc) is 3.67. The highest BCUT2D eigenvalue weighted by atomic mass is 32.2. The number of ether oxygens (including phenoxy) is 1. The maximum Gasteiger partial charge on any atom is 0.407 e. The van der Waals surface area contributed by atoms with Crippen LogP contribution in [0.4, 0.5) is 4.79 Å². The topological polar surface area (TPSA) is 151 Å². The van der Waals surface area contributed by atoms with Gasteiger partial charge in [-0.05, 0) is 44.4 Å². The summed E-state index contributed by atoms with van der Waals surface area (Å²) in [5, 5.41) is 4.75. The van der Waals surface area contributed by atoms with Crippen LogP contribution in [0.2, 0.25) is 0 Å². The summed E-state index contributed by atoms with van der Waals surface area (Å²) in [5.74, 6) is -2.16. The summed E-state index contributed by atoms with van der Waals surface area (Å²) in [6, 6.07) is -1.79. The standard InChI is InChI=1S/C23H36N4O7S/c1-6-14-13-23(14,20(30)26-35(32,33)15-10-11-15)25-18(28)16-9-8-12-27(16)19(29)17(22(3,4)5)24-21(31)34-7-2/h6,14-17H,1,7-13H2,2-5H3,(H,24,31)(H,25,28)(H,26,30)/t14-,16+,17-,23?/m1/s1. The molecule has 1 saturated heterocycles. The van der Waals surface area contributed by atoms with Crippen molar-refractivity contribution in [1.29, 1.82) is 0 Å². The third-order valence-electron chi connectivity index (χ3n) is 6.74. The van der Waals surface area contributed by atoms with Crippen molar-refractivity contribution in [3.05, 3.63) is 12.7 Å². The van der Waals surface area contributed by atoms with Crippen molar-refractivity contribution in [2.45, 2.75) is 82.7 Å². The number of hydrogen-bond acceptors (Lipinski definition) is 7. The van der Waals surface area contributed by atoms with Gasteiger partial charge in [-0.15, -0.1) is 6.58 Å². The van der Waals surface area contributed by atoms with Crippen molar-refractivity contribution in [3.8, 4) is 0 Å². The number of carbonyl (C=O) groups is 4. The molecule has 0 spiro atoms. The molecule has 1 unspecified atom stereocenters. The molecule has 35 heavy (non-hydrogen) atoms. The molecule has 2 aliphatic carbocycles. The van der Waals surface area contributed by atoms with Crippen LogP contribution in [0.5, 0.6) is 0 Å². The Morgan fingerprint density at radius 1 is 1.20 bits per heavy atom. The highest BCUT2D eigenvalue weighted by molar-refractivity contribution is 7.91. The van der Waals surface area contributed by atoms with Crippen LogP contribution in [-0.4, -0.2) is 73.2 Å². The number of carbonyl (C=O) groups excluding carboxylic acids is 4. The number of nitrogens with zero attached hydrogens (tertiary/aromatic N) is 1. The van der Waals surface area contributed by atoms with Gasteiger partial charge in [-0.1, -0.05) is 26.8 Å². The van der Waals surface area contributed by atoms with Crippen molar-refractivity contribution in [2.75, 3.05) is 13.2 Å². The van der Waals surface area contributed by atoms with E-state index in [1.165, 1.54) is 11.0 Å². The van der Waals surface area contributed by atoms with Gasteiger partial charge < -0.3 is 20.3 Å². The SMILES string of the molecule is C=C[C@@H]1CC1(NC(=O)[C@@H]1CCCN1C(=O)[C@@H](NC(=O)OCC)C(C)(C)C)C(=O)NS(=O)(=O)C1CC1. The van der Waals surface area contributed by atoms with Crippen LogP contribution in [0.15, 0.2) is 12.7 Å². The second-order valence-electron chi connectivity index (χ2n) is 10.5. The molecule has 3 aliphatic rings. The van der Waals surface area contributed by atoms with Gasteiger partial charge in [0.25, 0.3) is 5.91 Å². The Labute approximate surface area is 206 Å². The molecule has 3 rings (SSSR count). The lowest BCUT2D eigenvalue weighted by molar-refractivity contribution is -0.142. The van der Waals surface area contributed by atoms with Crippen LogP contribution in [0.1, 0.15) is 59.8 Å². The minimum Gasteiger partial charge on any atom is -0.450 e. The zero-order valence-corrected chi connectivity index (χ0v) is 21.6. The van der Waals surface area contributed by atoms with Crippen LogP contribution in [0, 0.1) is 11.3 Å². The van der Waals surface area contributed by atoms with Gasteiger partial charge in [0.15, 0.2) is 0 Å². The summed E-state index contributed by atoms with van der Waals surface area (Å²) in [6.07, 6.45) is 2.97. The van der Waals surface area contributed by atoms with E-state index in [0.717, 1.165) is 0 Å². The van der Waals surface area contributed by atoms with Crippen molar-refractivity contribution in [1.82, 2.24) is 20.3 Å². The smallest absolute Gasteiger partial charge is 0.407 e. The lowest BCUT2D eigenvalue weighted by Gasteiger charge is -2.35. The van der Waals surface area contributed by atoms with Crippen molar-refractivity contribution in [2.24, 2.45) is 11.3 Å². The highest BCUT2D eigenvalue weighted by Gasteiger charge is 2.61. The van der Waals surface area contributed by atoms with Gasteiger partial charge >= 0.3 is 6.09 Å². The molecule has 1 heterocycles. The molecule has 0 radical (unpaired) electrons. The van der Waals surface area contributed by atoms with E-state index in [1.807, 2.05) is 0 Å². The highest BCUT2D eigenvalue weighted by Crippen LogP contribution is 2.45. The molecule has 2 saturated carbocycles. The van der Waals surface area contributed by atoms with Gasteiger partial charge in [0.1, 0.15) is 17.6 Å². The number of likely N-dealkylation sites (tertiary alicyclic amines) is 1. The van der Waals surface area contributed by atoms with Crippen LogP contribution in [0.3, 0.4) is 0 Å². The second-order valence-corrected chi connectivity index (χ2v) is 12.5. The molecule has 11 nitrogen and oxygen atoms in total. The first kappa shape index (κ1) is 27.0. The molecule has 196 valence electrons. The van der Waals surface area contributed by atoms with Gasteiger partial charge in [0, 0.05) is 12.5 Å². The van der Waals surface area contributed by atoms with Gasteiger partial charge in [0.2, 0.25) is 21.8 Å². The van der Waals surface area contributed by atoms with Crippen molar-refractivity contribution >= 4 is 33.8 Å². The molecule has 4 amide bonds. The zero-order valence-electron chi connectivity index (χ0n) is 20.8. The molecule has 0 bridgehead atoms. The number of sulfonamides is 1. The monoisotopic (exact) mass is 512 g/mol. The Balaban J connectivity index is 1.75. The molecule has 12 heteroatoms. The van der Waals surface area contributed by atoms with Gasteiger partial charge in [-0.3, -0.25) is 19.1 Å². The molecular weight excluding hydrogens is 476 g/mol.